The van der Waals surface area contributed by atoms with E-state index in [1.54, 1.807) is 14.0 Å². The molecule has 2 unspecified atom stereocenters. The molecule has 1 aromatic carbocycles. The fraction of sp³-hybridized carbons (Fsp3) is 0.444. The maximum absolute atomic E-state index is 12.6. The summed E-state index contributed by atoms with van der Waals surface area (Å²) >= 11 is 6.22. The molecule has 1 aromatic heterocycles. The van der Waals surface area contributed by atoms with Crippen LogP contribution in [0.2, 0.25) is 5.15 Å². The molecule has 2 rings (SSSR count). The quantitative estimate of drug-likeness (QED) is 0.842. The molecule has 1 heterocycles. The number of benzene rings is 1. The molecule has 2 aromatic rings. The third-order valence-electron chi connectivity index (χ3n) is 4.00. The summed E-state index contributed by atoms with van der Waals surface area (Å²) in [6, 6.07) is 9.28. The minimum absolute atomic E-state index is 0.0778. The maximum Gasteiger partial charge on any atom is 0.256 e. The Balaban J connectivity index is 2.09. The number of rotatable bonds is 6. The van der Waals surface area contributed by atoms with E-state index in [-0.39, 0.29) is 11.8 Å². The lowest BCUT2D eigenvalue weighted by Crippen LogP contribution is -2.42. The van der Waals surface area contributed by atoms with Crippen molar-refractivity contribution in [3.8, 4) is 0 Å². The van der Waals surface area contributed by atoms with Crippen molar-refractivity contribution in [3.63, 3.8) is 0 Å². The fourth-order valence-electron chi connectivity index (χ4n) is 2.54. The first-order valence-electron chi connectivity index (χ1n) is 8.06. The van der Waals surface area contributed by atoms with Crippen molar-refractivity contribution in [2.24, 2.45) is 7.05 Å². The Morgan fingerprint density at radius 1 is 1.29 bits per heavy atom. The molecule has 1 amide bonds. The summed E-state index contributed by atoms with van der Waals surface area (Å²) in [5.41, 5.74) is 2.06. The van der Waals surface area contributed by atoms with Crippen LogP contribution in [0, 0.1) is 0 Å². The van der Waals surface area contributed by atoms with Gasteiger partial charge in [-0.15, -0.1) is 0 Å². The van der Waals surface area contributed by atoms with Crippen molar-refractivity contribution in [3.05, 3.63) is 52.3 Å². The van der Waals surface area contributed by atoms with Gasteiger partial charge in [0.1, 0.15) is 5.15 Å². The lowest BCUT2D eigenvalue weighted by Gasteiger charge is -2.20. The number of nitrogens with one attached hydrogen (secondary N) is 1. The second-order valence-electron chi connectivity index (χ2n) is 6.35. The normalized spacial score (nSPS) is 13.8. The van der Waals surface area contributed by atoms with Crippen LogP contribution in [0.25, 0.3) is 0 Å². The highest BCUT2D eigenvalue weighted by Crippen LogP contribution is 2.25. The molecule has 0 aliphatic carbocycles. The highest BCUT2D eigenvalue weighted by Gasteiger charge is 2.26. The van der Waals surface area contributed by atoms with Crippen molar-refractivity contribution < 1.29 is 9.90 Å². The van der Waals surface area contributed by atoms with Crippen molar-refractivity contribution in [2.75, 3.05) is 0 Å². The molecule has 130 valence electrons. The number of aryl methyl sites for hydroxylation is 1. The van der Waals surface area contributed by atoms with Gasteiger partial charge < -0.3 is 10.4 Å². The fourth-order valence-corrected chi connectivity index (χ4v) is 2.77. The van der Waals surface area contributed by atoms with E-state index in [0.717, 1.165) is 5.56 Å². The SMILES string of the molecule is CC(C)c1nn(C)c(Cl)c1C(=O)NC(C)C(O)Cc1ccccc1. The number of halogens is 1. The zero-order chi connectivity index (χ0) is 17.9. The average Bonchev–Trinajstić information content (AvgIpc) is 2.84. The molecule has 6 heteroatoms. The van der Waals surface area contributed by atoms with E-state index in [0.29, 0.717) is 22.8 Å². The first kappa shape index (κ1) is 18.5. The molecule has 0 saturated carbocycles. The average molecular weight is 350 g/mol. The van der Waals surface area contributed by atoms with Crippen LogP contribution in [0.3, 0.4) is 0 Å². The van der Waals surface area contributed by atoms with E-state index in [2.05, 4.69) is 10.4 Å². The molecule has 2 N–H and O–H groups in total. The predicted octanol–water partition coefficient (Wildman–Crippen LogP) is 2.92. The Kier molecular flexibility index (Phi) is 6.02. The zero-order valence-electron chi connectivity index (χ0n) is 14.5. The molecule has 0 saturated heterocycles. The second kappa shape index (κ2) is 7.81. The number of carbonyl (C=O) groups is 1. The number of hydrogen-bond donors (Lipinski definition) is 2. The molecule has 0 fully saturated rings. The minimum atomic E-state index is -0.686. The number of amides is 1. The van der Waals surface area contributed by atoms with Gasteiger partial charge in [0.15, 0.2) is 0 Å². The summed E-state index contributed by atoms with van der Waals surface area (Å²) in [6.45, 7) is 5.71. The van der Waals surface area contributed by atoms with Crippen LogP contribution in [-0.2, 0) is 13.5 Å². The van der Waals surface area contributed by atoms with E-state index >= 15 is 0 Å². The number of carbonyl (C=O) groups excluding carboxylic acids is 1. The third kappa shape index (κ3) is 4.16. The van der Waals surface area contributed by atoms with Gasteiger partial charge >= 0.3 is 0 Å². The summed E-state index contributed by atoms with van der Waals surface area (Å²) in [6.07, 6.45) is -0.214. The van der Waals surface area contributed by atoms with Crippen LogP contribution < -0.4 is 5.32 Å². The Morgan fingerprint density at radius 2 is 1.92 bits per heavy atom. The molecular formula is C18H24ClN3O2. The highest BCUT2D eigenvalue weighted by molar-refractivity contribution is 6.33. The van der Waals surface area contributed by atoms with Crippen LogP contribution in [0.1, 0.15) is 48.3 Å². The smallest absolute Gasteiger partial charge is 0.256 e. The topological polar surface area (TPSA) is 67.2 Å². The van der Waals surface area contributed by atoms with E-state index in [1.165, 1.54) is 4.68 Å². The monoisotopic (exact) mass is 349 g/mol. The van der Waals surface area contributed by atoms with Crippen molar-refractivity contribution >= 4 is 17.5 Å². The Labute approximate surface area is 147 Å². The zero-order valence-corrected chi connectivity index (χ0v) is 15.2. The molecular weight excluding hydrogens is 326 g/mol. The third-order valence-corrected chi connectivity index (χ3v) is 4.44. The highest BCUT2D eigenvalue weighted by atomic mass is 35.5. The summed E-state index contributed by atoms with van der Waals surface area (Å²) < 4.78 is 1.50. The Bertz CT molecular complexity index is 698. The molecule has 2 atom stereocenters. The second-order valence-corrected chi connectivity index (χ2v) is 6.71. The van der Waals surface area contributed by atoms with E-state index in [9.17, 15) is 9.90 Å². The van der Waals surface area contributed by atoms with Gasteiger partial charge in [0.2, 0.25) is 0 Å². The lowest BCUT2D eigenvalue weighted by molar-refractivity contribution is 0.0850. The molecule has 0 radical (unpaired) electrons. The van der Waals surface area contributed by atoms with Crippen molar-refractivity contribution in [1.29, 1.82) is 0 Å². The lowest BCUT2D eigenvalue weighted by atomic mass is 10.0. The number of aliphatic hydroxyl groups excluding tert-OH is 1. The van der Waals surface area contributed by atoms with E-state index < -0.39 is 12.1 Å². The van der Waals surface area contributed by atoms with Crippen LogP contribution in [0.5, 0.6) is 0 Å². The Hall–Kier alpha value is -1.85. The molecule has 0 aliphatic rings. The van der Waals surface area contributed by atoms with Gasteiger partial charge in [0.05, 0.1) is 23.4 Å². The van der Waals surface area contributed by atoms with Gasteiger partial charge in [0.25, 0.3) is 5.91 Å². The van der Waals surface area contributed by atoms with E-state index in [1.807, 2.05) is 44.2 Å². The van der Waals surface area contributed by atoms with Gasteiger partial charge in [-0.25, -0.2) is 0 Å². The molecule has 0 aliphatic heterocycles. The van der Waals surface area contributed by atoms with Crippen LogP contribution in [0.15, 0.2) is 30.3 Å². The van der Waals surface area contributed by atoms with Crippen LogP contribution in [0.4, 0.5) is 0 Å². The molecule has 5 nitrogen and oxygen atoms in total. The molecule has 0 bridgehead atoms. The summed E-state index contributed by atoms with van der Waals surface area (Å²) in [5.74, 6) is -0.231. The molecule has 0 spiro atoms. The van der Waals surface area contributed by atoms with Gasteiger partial charge in [-0.1, -0.05) is 55.8 Å². The predicted molar refractivity (Wildman–Crippen MR) is 95.4 cm³/mol. The standard InChI is InChI=1S/C18H24ClN3O2/c1-11(2)16-15(17(19)22(4)21-16)18(24)20-12(3)14(23)10-13-8-6-5-7-9-13/h5-9,11-12,14,23H,10H2,1-4H3,(H,20,24). The Morgan fingerprint density at radius 3 is 2.50 bits per heavy atom. The number of aliphatic hydroxyl groups is 1. The first-order chi connectivity index (χ1) is 11.3. The largest absolute Gasteiger partial charge is 0.391 e. The maximum atomic E-state index is 12.6. The van der Waals surface area contributed by atoms with Gasteiger partial charge in [-0.3, -0.25) is 9.48 Å². The van der Waals surface area contributed by atoms with Crippen LogP contribution in [-0.4, -0.2) is 32.9 Å². The molecule has 24 heavy (non-hydrogen) atoms. The number of aromatic nitrogens is 2. The van der Waals surface area contributed by atoms with Gasteiger partial charge in [0, 0.05) is 13.5 Å². The first-order valence-corrected chi connectivity index (χ1v) is 8.44. The van der Waals surface area contributed by atoms with Crippen molar-refractivity contribution in [2.45, 2.75) is 45.3 Å². The van der Waals surface area contributed by atoms with E-state index in [4.69, 9.17) is 11.6 Å². The van der Waals surface area contributed by atoms with Gasteiger partial charge in [-0.05, 0) is 18.4 Å². The number of nitrogens with zero attached hydrogens (tertiary/aromatic N) is 2. The van der Waals surface area contributed by atoms with Crippen molar-refractivity contribution in [1.82, 2.24) is 15.1 Å². The summed E-state index contributed by atoms with van der Waals surface area (Å²) in [7, 11) is 1.71. The summed E-state index contributed by atoms with van der Waals surface area (Å²) in [4.78, 5) is 12.6. The number of hydrogen-bond acceptors (Lipinski definition) is 3. The van der Waals surface area contributed by atoms with Crippen LogP contribution >= 0.6 is 11.6 Å². The minimum Gasteiger partial charge on any atom is -0.391 e. The summed E-state index contributed by atoms with van der Waals surface area (Å²) in [5, 5.41) is 17.8. The van der Waals surface area contributed by atoms with Gasteiger partial charge in [-0.2, -0.15) is 5.10 Å².